The fraction of sp³-hybridized carbons (Fsp3) is 0.391. The number of amides is 2. The van der Waals surface area contributed by atoms with Gasteiger partial charge in [0.1, 0.15) is 5.82 Å². The average Bonchev–Trinajstić information content (AvgIpc) is 3.47. The van der Waals surface area contributed by atoms with Crippen LogP contribution in [0.15, 0.2) is 42.5 Å². The van der Waals surface area contributed by atoms with Crippen molar-refractivity contribution in [3.05, 3.63) is 64.4 Å². The number of fused-ring (bicyclic) bond motifs is 2. The summed E-state index contributed by atoms with van der Waals surface area (Å²) in [5, 5.41) is 0.523. The standard InChI is InChI=1S/C23H22ClFN2O2S/c24-17-9-10-20-18(13-17)23(22(29)26(20)14-16-7-3-4-8-19(16)25)27(11-12-30-23)21(28)15-5-1-2-6-15/h3-4,7-10,13,15H,1-2,5-6,11-12,14H2. The molecule has 156 valence electrons. The van der Waals surface area contributed by atoms with Crippen LogP contribution in [-0.4, -0.2) is 29.0 Å². The molecule has 1 saturated heterocycles. The molecule has 5 rings (SSSR count). The van der Waals surface area contributed by atoms with Crippen molar-refractivity contribution in [2.75, 3.05) is 17.2 Å². The molecule has 4 nitrogen and oxygen atoms in total. The minimum absolute atomic E-state index is 0.0170. The number of rotatable bonds is 3. The molecule has 0 bridgehead atoms. The Labute approximate surface area is 184 Å². The molecule has 1 spiro atoms. The minimum atomic E-state index is -1.11. The van der Waals surface area contributed by atoms with Crippen molar-refractivity contribution in [3.8, 4) is 0 Å². The fourth-order valence-electron chi connectivity index (χ4n) is 4.96. The van der Waals surface area contributed by atoms with E-state index in [-0.39, 0.29) is 30.1 Å². The van der Waals surface area contributed by atoms with Gasteiger partial charge in [-0.3, -0.25) is 9.59 Å². The number of halogens is 2. The predicted molar refractivity (Wildman–Crippen MR) is 117 cm³/mol. The van der Waals surface area contributed by atoms with Gasteiger partial charge in [0.05, 0.1) is 12.2 Å². The molecule has 3 aliphatic rings. The van der Waals surface area contributed by atoms with Crippen molar-refractivity contribution in [1.29, 1.82) is 0 Å². The molecule has 0 radical (unpaired) electrons. The molecule has 1 saturated carbocycles. The van der Waals surface area contributed by atoms with Gasteiger partial charge >= 0.3 is 0 Å². The zero-order valence-corrected chi connectivity index (χ0v) is 18.0. The largest absolute Gasteiger partial charge is 0.315 e. The first-order valence-electron chi connectivity index (χ1n) is 10.3. The monoisotopic (exact) mass is 444 g/mol. The summed E-state index contributed by atoms with van der Waals surface area (Å²) in [4.78, 5) is 29.6. The van der Waals surface area contributed by atoms with Crippen LogP contribution in [0.2, 0.25) is 5.02 Å². The average molecular weight is 445 g/mol. The second-order valence-corrected chi connectivity index (χ2v) is 9.83. The third-order valence-electron chi connectivity index (χ3n) is 6.41. The van der Waals surface area contributed by atoms with Gasteiger partial charge in [0, 0.05) is 34.4 Å². The molecule has 2 fully saturated rings. The Kier molecular flexibility index (Phi) is 5.02. The predicted octanol–water partition coefficient (Wildman–Crippen LogP) is 4.94. The molecule has 1 atom stereocenters. The van der Waals surface area contributed by atoms with Crippen LogP contribution in [-0.2, 0) is 21.0 Å². The maximum atomic E-state index is 14.4. The van der Waals surface area contributed by atoms with Gasteiger partial charge < -0.3 is 9.80 Å². The lowest BCUT2D eigenvalue weighted by molar-refractivity contribution is -0.143. The van der Waals surface area contributed by atoms with E-state index in [2.05, 4.69) is 0 Å². The van der Waals surface area contributed by atoms with Crippen LogP contribution >= 0.6 is 23.4 Å². The Hall–Kier alpha value is -2.05. The molecule has 1 aliphatic carbocycles. The first kappa shape index (κ1) is 19.9. The summed E-state index contributed by atoms with van der Waals surface area (Å²) in [5.41, 5.74) is 1.89. The number of nitrogens with zero attached hydrogens (tertiary/aromatic N) is 2. The zero-order chi connectivity index (χ0) is 20.9. The SMILES string of the molecule is O=C(C1CCCC1)N1CCSC12C(=O)N(Cc1ccccc1F)c1ccc(Cl)cc12. The summed E-state index contributed by atoms with van der Waals surface area (Å²) in [7, 11) is 0. The van der Waals surface area contributed by atoms with E-state index in [1.54, 1.807) is 40.1 Å². The Balaban J connectivity index is 1.59. The van der Waals surface area contributed by atoms with Crippen molar-refractivity contribution in [2.24, 2.45) is 5.92 Å². The number of carbonyl (C=O) groups excluding carboxylic acids is 2. The van der Waals surface area contributed by atoms with Crippen LogP contribution in [0.1, 0.15) is 36.8 Å². The van der Waals surface area contributed by atoms with Crippen LogP contribution in [0, 0.1) is 11.7 Å². The summed E-state index contributed by atoms with van der Waals surface area (Å²) in [6.45, 7) is 0.652. The highest BCUT2D eigenvalue weighted by molar-refractivity contribution is 8.01. The third kappa shape index (κ3) is 2.95. The second kappa shape index (κ2) is 7.57. The molecule has 0 N–H and O–H groups in total. The van der Waals surface area contributed by atoms with Gasteiger partial charge in [0.2, 0.25) is 5.91 Å². The molecule has 0 aromatic heterocycles. The van der Waals surface area contributed by atoms with E-state index in [1.165, 1.54) is 17.8 Å². The van der Waals surface area contributed by atoms with E-state index in [4.69, 9.17) is 11.6 Å². The van der Waals surface area contributed by atoms with Crippen LogP contribution in [0.4, 0.5) is 10.1 Å². The van der Waals surface area contributed by atoms with Gasteiger partial charge in [-0.2, -0.15) is 0 Å². The molecule has 1 unspecified atom stereocenters. The lowest BCUT2D eigenvalue weighted by Gasteiger charge is -2.35. The maximum Gasteiger partial charge on any atom is 0.268 e. The van der Waals surface area contributed by atoms with Crippen molar-refractivity contribution in [1.82, 2.24) is 4.90 Å². The van der Waals surface area contributed by atoms with E-state index in [0.29, 0.717) is 28.6 Å². The molecule has 2 heterocycles. The topological polar surface area (TPSA) is 40.6 Å². The highest BCUT2D eigenvalue weighted by Crippen LogP contribution is 2.55. The van der Waals surface area contributed by atoms with Crippen LogP contribution in [0.25, 0.3) is 0 Å². The number of carbonyl (C=O) groups is 2. The molecule has 2 aromatic carbocycles. The van der Waals surface area contributed by atoms with Gasteiger partial charge in [0.25, 0.3) is 5.91 Å². The van der Waals surface area contributed by atoms with Crippen LogP contribution in [0.5, 0.6) is 0 Å². The lowest BCUT2D eigenvalue weighted by Crippen LogP contribution is -2.51. The van der Waals surface area contributed by atoms with Crippen molar-refractivity contribution in [2.45, 2.75) is 37.1 Å². The Morgan fingerprint density at radius 3 is 2.73 bits per heavy atom. The lowest BCUT2D eigenvalue weighted by atomic mass is 10.0. The van der Waals surface area contributed by atoms with Crippen LogP contribution in [0.3, 0.4) is 0 Å². The number of benzene rings is 2. The van der Waals surface area contributed by atoms with Gasteiger partial charge in [-0.1, -0.05) is 42.6 Å². The molecule has 2 aromatic rings. The van der Waals surface area contributed by atoms with E-state index < -0.39 is 4.87 Å². The number of hydrogen-bond acceptors (Lipinski definition) is 3. The summed E-state index contributed by atoms with van der Waals surface area (Å²) < 4.78 is 14.4. The second-order valence-electron chi connectivity index (χ2n) is 8.11. The maximum absolute atomic E-state index is 14.4. The van der Waals surface area contributed by atoms with Gasteiger partial charge in [0.15, 0.2) is 4.87 Å². The van der Waals surface area contributed by atoms with Gasteiger partial charge in [-0.25, -0.2) is 4.39 Å². The first-order valence-corrected chi connectivity index (χ1v) is 11.7. The summed E-state index contributed by atoms with van der Waals surface area (Å²) >= 11 is 7.80. The molecule has 30 heavy (non-hydrogen) atoms. The summed E-state index contributed by atoms with van der Waals surface area (Å²) in [6.07, 6.45) is 3.87. The highest BCUT2D eigenvalue weighted by Gasteiger charge is 2.60. The first-order chi connectivity index (χ1) is 14.5. The van der Waals surface area contributed by atoms with E-state index >= 15 is 0 Å². The van der Waals surface area contributed by atoms with Crippen molar-refractivity contribution in [3.63, 3.8) is 0 Å². The molecule has 7 heteroatoms. The van der Waals surface area contributed by atoms with E-state index in [1.807, 2.05) is 6.07 Å². The molecule has 2 aliphatic heterocycles. The highest BCUT2D eigenvalue weighted by atomic mass is 35.5. The van der Waals surface area contributed by atoms with Crippen LogP contribution < -0.4 is 4.90 Å². The van der Waals surface area contributed by atoms with E-state index in [9.17, 15) is 14.0 Å². The Bertz CT molecular complexity index is 1030. The van der Waals surface area contributed by atoms with Crippen molar-refractivity contribution >= 4 is 40.9 Å². The Morgan fingerprint density at radius 2 is 1.97 bits per heavy atom. The fourth-order valence-corrected chi connectivity index (χ4v) is 6.59. The zero-order valence-electron chi connectivity index (χ0n) is 16.4. The molecular weight excluding hydrogens is 423 g/mol. The normalized spacial score (nSPS) is 23.6. The summed E-state index contributed by atoms with van der Waals surface area (Å²) in [6, 6.07) is 11.8. The van der Waals surface area contributed by atoms with E-state index in [0.717, 1.165) is 31.2 Å². The number of anilines is 1. The van der Waals surface area contributed by atoms with Gasteiger partial charge in [-0.05, 0) is 37.1 Å². The minimum Gasteiger partial charge on any atom is -0.315 e. The molecular formula is C23H22ClFN2O2S. The smallest absolute Gasteiger partial charge is 0.268 e. The Morgan fingerprint density at radius 1 is 1.20 bits per heavy atom. The summed E-state index contributed by atoms with van der Waals surface area (Å²) in [5.74, 6) is 0.196. The number of thioether (sulfide) groups is 1. The third-order valence-corrected chi connectivity index (χ3v) is 8.07. The number of hydrogen-bond donors (Lipinski definition) is 0. The van der Waals surface area contributed by atoms with Crippen molar-refractivity contribution < 1.29 is 14.0 Å². The molecule has 2 amide bonds. The quantitative estimate of drug-likeness (QED) is 0.673. The van der Waals surface area contributed by atoms with Gasteiger partial charge in [-0.15, -0.1) is 11.8 Å².